The Kier molecular flexibility index (Phi) is 7.24. The summed E-state index contributed by atoms with van der Waals surface area (Å²) in [6, 6.07) is 7.20. The number of hydrogen-bond donors (Lipinski definition) is 2. The van der Waals surface area contributed by atoms with Gasteiger partial charge in [-0.05, 0) is 18.2 Å². The third kappa shape index (κ3) is 7.93. The van der Waals surface area contributed by atoms with Crippen LogP contribution in [0.5, 0.6) is 5.75 Å². The van der Waals surface area contributed by atoms with Gasteiger partial charge < -0.3 is 9.47 Å². The van der Waals surface area contributed by atoms with E-state index in [2.05, 4.69) is 26.8 Å². The van der Waals surface area contributed by atoms with Gasteiger partial charge in [-0.25, -0.2) is 0 Å². The molecule has 0 radical (unpaired) electrons. The van der Waals surface area contributed by atoms with E-state index in [1.807, 2.05) is 12.1 Å². The van der Waals surface area contributed by atoms with Gasteiger partial charge in [0.2, 0.25) is 5.91 Å². The fourth-order valence-electron chi connectivity index (χ4n) is 1.22. The number of hydrogen-bond acceptors (Lipinski definition) is 5. The highest BCUT2D eigenvalue weighted by Crippen LogP contribution is 2.17. The van der Waals surface area contributed by atoms with Gasteiger partial charge >= 0.3 is 5.97 Å². The van der Waals surface area contributed by atoms with Crippen molar-refractivity contribution < 1.29 is 23.9 Å². The van der Waals surface area contributed by atoms with Crippen LogP contribution in [0.3, 0.4) is 0 Å². The van der Waals surface area contributed by atoms with Crippen molar-refractivity contribution in [2.75, 3.05) is 13.2 Å². The summed E-state index contributed by atoms with van der Waals surface area (Å²) in [5.74, 6) is -0.980. The molecule has 21 heavy (non-hydrogen) atoms. The minimum atomic E-state index is -0.619. The zero-order valence-electron chi connectivity index (χ0n) is 11.3. The van der Waals surface area contributed by atoms with E-state index in [4.69, 9.17) is 9.47 Å². The average molecular weight is 359 g/mol. The lowest BCUT2D eigenvalue weighted by Crippen LogP contribution is -2.42. The van der Waals surface area contributed by atoms with E-state index in [-0.39, 0.29) is 13.0 Å². The molecule has 0 aromatic heterocycles. The number of amides is 2. The molecule has 0 saturated heterocycles. The van der Waals surface area contributed by atoms with Crippen molar-refractivity contribution in [1.82, 2.24) is 10.9 Å². The maximum Gasteiger partial charge on any atom is 0.309 e. The number of esters is 1. The Morgan fingerprint density at radius 1 is 1.24 bits per heavy atom. The van der Waals surface area contributed by atoms with E-state index in [0.717, 1.165) is 4.47 Å². The lowest BCUT2D eigenvalue weighted by molar-refractivity contribution is -0.149. The highest BCUT2D eigenvalue weighted by atomic mass is 79.9. The van der Waals surface area contributed by atoms with Gasteiger partial charge in [0, 0.05) is 11.4 Å². The molecular weight excluding hydrogens is 344 g/mol. The van der Waals surface area contributed by atoms with Crippen LogP contribution in [0.4, 0.5) is 0 Å². The Balaban J connectivity index is 2.16. The van der Waals surface area contributed by atoms with Gasteiger partial charge in [0.15, 0.2) is 6.61 Å². The van der Waals surface area contributed by atoms with Crippen LogP contribution in [0.2, 0.25) is 0 Å². The number of hydrazine groups is 1. The first-order valence-electron chi connectivity index (χ1n) is 6.07. The molecule has 0 atom stereocenters. The zero-order valence-corrected chi connectivity index (χ0v) is 12.9. The molecular formula is C13H15BrN2O5. The first-order chi connectivity index (χ1) is 9.97. The second-order valence-electron chi connectivity index (χ2n) is 3.95. The van der Waals surface area contributed by atoms with Crippen LogP contribution in [0.15, 0.2) is 28.7 Å². The summed E-state index contributed by atoms with van der Waals surface area (Å²) in [5, 5.41) is 0. The van der Waals surface area contributed by atoms with Gasteiger partial charge in [-0.1, -0.05) is 22.0 Å². The van der Waals surface area contributed by atoms with Crippen molar-refractivity contribution in [1.29, 1.82) is 0 Å². The number of nitrogens with one attached hydrogen (secondary N) is 2. The summed E-state index contributed by atoms with van der Waals surface area (Å²) in [6.07, 6.45) is 0.0138. The second-order valence-corrected chi connectivity index (χ2v) is 4.86. The van der Waals surface area contributed by atoms with E-state index >= 15 is 0 Å². The first-order valence-corrected chi connectivity index (χ1v) is 6.86. The van der Waals surface area contributed by atoms with Crippen molar-refractivity contribution >= 4 is 33.7 Å². The molecule has 0 aliphatic rings. The van der Waals surface area contributed by atoms with Crippen molar-refractivity contribution in [2.45, 2.75) is 13.3 Å². The summed E-state index contributed by atoms with van der Waals surface area (Å²) >= 11 is 3.30. The van der Waals surface area contributed by atoms with Crippen LogP contribution in [0.1, 0.15) is 13.3 Å². The SMILES string of the molecule is CC(=O)NNC(=O)COC(=O)CCOc1cccc(Br)c1. The average Bonchev–Trinajstić information content (AvgIpc) is 2.43. The third-order valence-corrected chi connectivity index (χ3v) is 2.61. The molecule has 0 aliphatic carbocycles. The van der Waals surface area contributed by atoms with Gasteiger partial charge in [0.25, 0.3) is 5.91 Å². The van der Waals surface area contributed by atoms with E-state index < -0.39 is 24.4 Å². The molecule has 0 aliphatic heterocycles. The summed E-state index contributed by atoms with van der Waals surface area (Å²) < 4.78 is 10.9. The molecule has 2 amide bonds. The van der Waals surface area contributed by atoms with Crippen molar-refractivity contribution in [3.8, 4) is 5.75 Å². The van der Waals surface area contributed by atoms with Gasteiger partial charge in [-0.3, -0.25) is 25.2 Å². The molecule has 0 bridgehead atoms. The fourth-order valence-corrected chi connectivity index (χ4v) is 1.60. The minimum absolute atomic E-state index is 0.0138. The Bertz CT molecular complexity index is 521. The lowest BCUT2D eigenvalue weighted by Gasteiger charge is -2.08. The molecule has 0 saturated carbocycles. The van der Waals surface area contributed by atoms with Gasteiger partial charge in [0.05, 0.1) is 13.0 Å². The molecule has 0 heterocycles. The van der Waals surface area contributed by atoms with E-state index in [1.165, 1.54) is 6.92 Å². The number of carbonyl (C=O) groups is 3. The quantitative estimate of drug-likeness (QED) is 0.582. The molecule has 0 fully saturated rings. The molecule has 1 rings (SSSR count). The molecule has 8 heteroatoms. The Labute approximate surface area is 130 Å². The predicted molar refractivity (Wildman–Crippen MR) is 77.2 cm³/mol. The first kappa shape index (κ1) is 17.0. The highest BCUT2D eigenvalue weighted by Gasteiger charge is 2.08. The molecule has 1 aromatic rings. The number of ether oxygens (including phenoxy) is 2. The molecule has 7 nitrogen and oxygen atoms in total. The zero-order chi connectivity index (χ0) is 15.7. The molecule has 0 spiro atoms. The normalized spacial score (nSPS) is 9.62. The summed E-state index contributed by atoms with van der Waals surface area (Å²) in [7, 11) is 0. The fraction of sp³-hybridized carbons (Fsp3) is 0.308. The number of rotatable bonds is 6. The Hall–Kier alpha value is -2.09. The highest BCUT2D eigenvalue weighted by molar-refractivity contribution is 9.10. The lowest BCUT2D eigenvalue weighted by atomic mass is 10.3. The van der Waals surface area contributed by atoms with Gasteiger partial charge in [-0.15, -0.1) is 0 Å². The van der Waals surface area contributed by atoms with E-state index in [0.29, 0.717) is 5.75 Å². The van der Waals surface area contributed by atoms with Crippen molar-refractivity contribution in [3.05, 3.63) is 28.7 Å². The van der Waals surface area contributed by atoms with Gasteiger partial charge in [-0.2, -0.15) is 0 Å². The topological polar surface area (TPSA) is 93.7 Å². The standard InChI is InChI=1S/C13H15BrN2O5/c1-9(17)15-16-12(18)8-21-13(19)5-6-20-11-4-2-3-10(14)7-11/h2-4,7H,5-6,8H2,1H3,(H,15,17)(H,16,18). The maximum absolute atomic E-state index is 11.4. The molecule has 2 N–H and O–H groups in total. The summed E-state index contributed by atoms with van der Waals surface area (Å²) in [6.45, 7) is 0.921. The number of halogens is 1. The largest absolute Gasteiger partial charge is 0.493 e. The molecule has 1 aromatic carbocycles. The predicted octanol–water partition coefficient (Wildman–Crippen LogP) is 0.929. The molecule has 0 unspecified atom stereocenters. The van der Waals surface area contributed by atoms with E-state index in [1.54, 1.807) is 12.1 Å². The van der Waals surface area contributed by atoms with Crippen LogP contribution in [-0.2, 0) is 19.1 Å². The molecule has 114 valence electrons. The monoisotopic (exact) mass is 358 g/mol. The van der Waals surface area contributed by atoms with Crippen LogP contribution in [-0.4, -0.2) is 31.0 Å². The summed E-state index contributed by atoms with van der Waals surface area (Å²) in [4.78, 5) is 33.0. The van der Waals surface area contributed by atoms with Crippen LogP contribution >= 0.6 is 15.9 Å². The second kappa shape index (κ2) is 8.96. The maximum atomic E-state index is 11.4. The Morgan fingerprint density at radius 3 is 2.67 bits per heavy atom. The van der Waals surface area contributed by atoms with Crippen LogP contribution < -0.4 is 15.6 Å². The van der Waals surface area contributed by atoms with E-state index in [9.17, 15) is 14.4 Å². The number of benzene rings is 1. The van der Waals surface area contributed by atoms with Crippen LogP contribution in [0.25, 0.3) is 0 Å². The smallest absolute Gasteiger partial charge is 0.309 e. The third-order valence-electron chi connectivity index (χ3n) is 2.11. The van der Waals surface area contributed by atoms with Gasteiger partial charge in [0.1, 0.15) is 5.75 Å². The van der Waals surface area contributed by atoms with Crippen molar-refractivity contribution in [2.24, 2.45) is 0 Å². The number of carbonyl (C=O) groups excluding carboxylic acids is 3. The minimum Gasteiger partial charge on any atom is -0.493 e. The Morgan fingerprint density at radius 2 is 2.00 bits per heavy atom. The van der Waals surface area contributed by atoms with Crippen LogP contribution in [0, 0.1) is 0 Å². The summed E-state index contributed by atoms with van der Waals surface area (Å²) in [5.41, 5.74) is 4.15. The van der Waals surface area contributed by atoms with Crippen molar-refractivity contribution in [3.63, 3.8) is 0 Å².